The molecule has 0 bridgehead atoms. The van der Waals surface area contributed by atoms with Gasteiger partial charge in [-0.25, -0.2) is 9.97 Å². The van der Waals surface area contributed by atoms with Gasteiger partial charge in [-0.3, -0.25) is 0 Å². The van der Waals surface area contributed by atoms with Gasteiger partial charge in [-0.15, -0.1) is 11.3 Å². The van der Waals surface area contributed by atoms with E-state index >= 15 is 0 Å². The van der Waals surface area contributed by atoms with Gasteiger partial charge in [0.15, 0.2) is 5.82 Å². The molecule has 0 saturated carbocycles. The van der Waals surface area contributed by atoms with Crippen molar-refractivity contribution in [1.82, 2.24) is 14.3 Å². The van der Waals surface area contributed by atoms with Gasteiger partial charge in [0.1, 0.15) is 5.01 Å². The average molecular weight is 254 g/mol. The molecule has 2 aromatic rings. The van der Waals surface area contributed by atoms with Crippen molar-refractivity contribution in [3.8, 4) is 0 Å². The summed E-state index contributed by atoms with van der Waals surface area (Å²) in [6, 6.07) is 0.392. The van der Waals surface area contributed by atoms with Crippen molar-refractivity contribution in [1.29, 1.82) is 0 Å². The Kier molecular flexibility index (Phi) is 3.50. The first-order valence-electron chi connectivity index (χ1n) is 5.13. The maximum Gasteiger partial charge on any atom is 0.202 e. The Hall–Kier alpha value is -1.01. The van der Waals surface area contributed by atoms with Crippen LogP contribution in [0.1, 0.15) is 30.4 Å². The lowest BCUT2D eigenvalue weighted by atomic mass is 10.4. The fourth-order valence-corrected chi connectivity index (χ4v) is 2.75. The summed E-state index contributed by atoms with van der Waals surface area (Å²) in [5.74, 6) is 0.850. The van der Waals surface area contributed by atoms with Crippen LogP contribution in [0.2, 0.25) is 0 Å². The molecule has 0 aliphatic heterocycles. The molecule has 2 rings (SSSR count). The lowest BCUT2D eigenvalue weighted by molar-refractivity contribution is 0.891. The largest absolute Gasteiger partial charge is 0.358 e. The van der Waals surface area contributed by atoms with Crippen LogP contribution in [0.5, 0.6) is 0 Å². The smallest absolute Gasteiger partial charge is 0.202 e. The zero-order valence-electron chi connectivity index (χ0n) is 9.52. The number of anilines is 1. The highest BCUT2D eigenvalue weighted by atomic mass is 32.1. The Labute approximate surface area is 103 Å². The van der Waals surface area contributed by atoms with Gasteiger partial charge < -0.3 is 5.32 Å². The lowest BCUT2D eigenvalue weighted by Gasteiger charge is -2.03. The maximum atomic E-state index is 4.42. The molecule has 86 valence electrons. The molecular weight excluding hydrogens is 240 g/mol. The monoisotopic (exact) mass is 254 g/mol. The Balaban J connectivity index is 2.02. The summed E-state index contributed by atoms with van der Waals surface area (Å²) in [4.78, 5) is 8.82. The van der Waals surface area contributed by atoms with E-state index in [-0.39, 0.29) is 0 Å². The standard InChI is InChI=1S/C10H14N4S2/c1-6(2)11-10-13-8(14-16-10)4-9-12-7(3)5-15-9/h5-6H,4H2,1-3H3,(H,11,13,14). The van der Waals surface area contributed by atoms with E-state index in [1.54, 1.807) is 11.3 Å². The van der Waals surface area contributed by atoms with Crippen LogP contribution in [0.25, 0.3) is 0 Å². The van der Waals surface area contributed by atoms with Crippen molar-refractivity contribution in [2.45, 2.75) is 33.2 Å². The van der Waals surface area contributed by atoms with Gasteiger partial charge in [-0.1, -0.05) is 0 Å². The Morgan fingerprint density at radius 2 is 2.19 bits per heavy atom. The van der Waals surface area contributed by atoms with E-state index in [9.17, 15) is 0 Å². The zero-order chi connectivity index (χ0) is 11.5. The van der Waals surface area contributed by atoms with Gasteiger partial charge in [0, 0.05) is 28.6 Å². The predicted molar refractivity (Wildman–Crippen MR) is 68.3 cm³/mol. The molecule has 16 heavy (non-hydrogen) atoms. The van der Waals surface area contributed by atoms with Gasteiger partial charge in [-0.2, -0.15) is 4.37 Å². The van der Waals surface area contributed by atoms with Crippen LogP contribution in [0.3, 0.4) is 0 Å². The zero-order valence-corrected chi connectivity index (χ0v) is 11.2. The van der Waals surface area contributed by atoms with Gasteiger partial charge >= 0.3 is 0 Å². The molecule has 0 spiro atoms. The van der Waals surface area contributed by atoms with Crippen molar-refractivity contribution >= 4 is 28.0 Å². The molecule has 0 aliphatic rings. The van der Waals surface area contributed by atoms with Gasteiger partial charge in [0.05, 0.1) is 6.42 Å². The van der Waals surface area contributed by atoms with E-state index in [4.69, 9.17) is 0 Å². The number of hydrogen-bond donors (Lipinski definition) is 1. The average Bonchev–Trinajstić information content (AvgIpc) is 2.76. The molecule has 0 radical (unpaired) electrons. The van der Waals surface area contributed by atoms with E-state index in [0.29, 0.717) is 6.04 Å². The van der Waals surface area contributed by atoms with E-state index in [1.807, 2.05) is 6.92 Å². The van der Waals surface area contributed by atoms with Crippen molar-refractivity contribution < 1.29 is 0 Å². The first kappa shape index (κ1) is 11.5. The van der Waals surface area contributed by atoms with E-state index in [1.165, 1.54) is 11.5 Å². The summed E-state index contributed by atoms with van der Waals surface area (Å²) in [5, 5.41) is 7.26. The number of thiazole rings is 1. The van der Waals surface area contributed by atoms with Gasteiger partial charge in [0.2, 0.25) is 5.13 Å². The van der Waals surface area contributed by atoms with Crippen LogP contribution in [0.4, 0.5) is 5.13 Å². The molecule has 4 nitrogen and oxygen atoms in total. The minimum atomic E-state index is 0.392. The quantitative estimate of drug-likeness (QED) is 0.911. The van der Waals surface area contributed by atoms with Crippen LogP contribution in [0, 0.1) is 6.92 Å². The van der Waals surface area contributed by atoms with Crippen LogP contribution >= 0.6 is 22.9 Å². The first-order valence-corrected chi connectivity index (χ1v) is 6.79. The molecule has 1 N–H and O–H groups in total. The third-order valence-electron chi connectivity index (χ3n) is 1.86. The number of hydrogen-bond acceptors (Lipinski definition) is 6. The first-order chi connectivity index (χ1) is 7.63. The fourth-order valence-electron chi connectivity index (χ4n) is 1.25. The molecule has 0 aliphatic carbocycles. The second-order valence-corrected chi connectivity index (χ2v) is 5.57. The van der Waals surface area contributed by atoms with Crippen LogP contribution in [-0.2, 0) is 6.42 Å². The second-order valence-electron chi connectivity index (χ2n) is 3.87. The number of aromatic nitrogens is 3. The lowest BCUT2D eigenvalue weighted by Crippen LogP contribution is -2.09. The van der Waals surface area contributed by atoms with Crippen molar-refractivity contribution in [2.24, 2.45) is 0 Å². The number of nitrogens with one attached hydrogen (secondary N) is 1. The molecule has 0 saturated heterocycles. The number of nitrogens with zero attached hydrogens (tertiary/aromatic N) is 3. The summed E-state index contributed by atoms with van der Waals surface area (Å²) in [7, 11) is 0. The van der Waals surface area contributed by atoms with Crippen LogP contribution < -0.4 is 5.32 Å². The SMILES string of the molecule is Cc1csc(Cc2nsc(NC(C)C)n2)n1. The summed E-state index contributed by atoms with van der Waals surface area (Å²) >= 11 is 3.07. The third-order valence-corrected chi connectivity index (χ3v) is 3.51. The Morgan fingerprint density at radius 3 is 2.81 bits per heavy atom. The third kappa shape index (κ3) is 2.99. The summed E-state index contributed by atoms with van der Waals surface area (Å²) in [6.45, 7) is 6.18. The Bertz CT molecular complexity index is 461. The number of rotatable bonds is 4. The highest BCUT2D eigenvalue weighted by Gasteiger charge is 2.07. The Morgan fingerprint density at radius 1 is 1.38 bits per heavy atom. The molecule has 2 aromatic heterocycles. The predicted octanol–water partition coefficient (Wildman–Crippen LogP) is 2.71. The highest BCUT2D eigenvalue weighted by molar-refractivity contribution is 7.10. The van der Waals surface area contributed by atoms with E-state index in [0.717, 1.165) is 28.1 Å². The minimum Gasteiger partial charge on any atom is -0.358 e. The molecule has 0 atom stereocenters. The normalized spacial score (nSPS) is 11.0. The van der Waals surface area contributed by atoms with Crippen molar-refractivity contribution in [3.05, 3.63) is 21.9 Å². The topological polar surface area (TPSA) is 50.7 Å². The number of aryl methyl sites for hydroxylation is 1. The molecule has 0 unspecified atom stereocenters. The summed E-state index contributed by atoms with van der Waals surface area (Å²) < 4.78 is 4.31. The minimum absolute atomic E-state index is 0.392. The highest BCUT2D eigenvalue weighted by Crippen LogP contribution is 2.17. The molecule has 2 heterocycles. The fraction of sp³-hybridized carbons (Fsp3) is 0.500. The molecular formula is C10H14N4S2. The van der Waals surface area contributed by atoms with Crippen LogP contribution in [-0.4, -0.2) is 20.4 Å². The summed E-state index contributed by atoms with van der Waals surface area (Å²) in [6.07, 6.45) is 0.731. The van der Waals surface area contributed by atoms with E-state index < -0.39 is 0 Å². The van der Waals surface area contributed by atoms with Crippen molar-refractivity contribution in [2.75, 3.05) is 5.32 Å². The van der Waals surface area contributed by atoms with Crippen LogP contribution in [0.15, 0.2) is 5.38 Å². The van der Waals surface area contributed by atoms with Crippen molar-refractivity contribution in [3.63, 3.8) is 0 Å². The molecule has 0 fully saturated rings. The maximum absolute atomic E-state index is 4.42. The molecule has 0 amide bonds. The summed E-state index contributed by atoms with van der Waals surface area (Å²) in [5.41, 5.74) is 1.07. The molecule has 6 heteroatoms. The van der Waals surface area contributed by atoms with E-state index in [2.05, 4.69) is 38.9 Å². The van der Waals surface area contributed by atoms with Gasteiger partial charge in [-0.05, 0) is 20.8 Å². The second kappa shape index (κ2) is 4.88. The molecule has 0 aromatic carbocycles. The van der Waals surface area contributed by atoms with Gasteiger partial charge in [0.25, 0.3) is 0 Å².